The molecule has 0 saturated carbocycles. The fourth-order valence-corrected chi connectivity index (χ4v) is 4.56. The number of likely N-dealkylation sites (tertiary alicyclic amines) is 1. The van der Waals surface area contributed by atoms with Gasteiger partial charge in [-0.05, 0) is 63.9 Å². The highest BCUT2D eigenvalue weighted by atomic mass is 16.2. The van der Waals surface area contributed by atoms with Crippen LogP contribution in [0.25, 0.3) is 6.20 Å². The summed E-state index contributed by atoms with van der Waals surface area (Å²) in [5, 5.41) is 8.49. The molecule has 0 radical (unpaired) electrons. The molecule has 0 spiro atoms. The number of pyridine rings is 1. The van der Waals surface area contributed by atoms with Crippen LogP contribution in [0.5, 0.6) is 0 Å². The fourth-order valence-electron chi connectivity index (χ4n) is 4.56. The van der Waals surface area contributed by atoms with E-state index in [1.54, 1.807) is 0 Å². The summed E-state index contributed by atoms with van der Waals surface area (Å²) in [5.74, 6) is 0.981. The molecular weight excluding hydrogens is 376 g/mol. The Morgan fingerprint density at radius 1 is 1.23 bits per heavy atom. The van der Waals surface area contributed by atoms with E-state index < -0.39 is 0 Å². The average Bonchev–Trinajstić information content (AvgIpc) is 3.17. The number of nitrogens with zero attached hydrogens (tertiary/aromatic N) is 5. The molecule has 7 nitrogen and oxygen atoms in total. The lowest BCUT2D eigenvalue weighted by molar-refractivity contribution is 0.0599. The molecule has 1 saturated heterocycles. The molecule has 0 aromatic carbocycles. The Bertz CT molecular complexity index is 945. The topological polar surface area (TPSA) is 66.3 Å². The van der Waals surface area contributed by atoms with E-state index in [4.69, 9.17) is 5.10 Å². The zero-order chi connectivity index (χ0) is 21.3. The van der Waals surface area contributed by atoms with Crippen molar-refractivity contribution in [3.63, 3.8) is 0 Å². The van der Waals surface area contributed by atoms with E-state index in [2.05, 4.69) is 48.2 Å². The SMILES string of the molecule is CCN(CC)C1Nc2cc([C@@H]3CCCCN3C(=O)c3cccc(C)n3)nn2C=C1C. The van der Waals surface area contributed by atoms with Gasteiger partial charge in [0, 0.05) is 24.5 Å². The summed E-state index contributed by atoms with van der Waals surface area (Å²) in [7, 11) is 0. The highest BCUT2D eigenvalue weighted by Gasteiger charge is 2.33. The molecule has 2 atom stereocenters. The van der Waals surface area contributed by atoms with Gasteiger partial charge in [0.15, 0.2) is 0 Å². The van der Waals surface area contributed by atoms with Crippen LogP contribution in [0.15, 0.2) is 29.8 Å². The molecular formula is C23H32N6O. The van der Waals surface area contributed by atoms with Gasteiger partial charge < -0.3 is 10.2 Å². The van der Waals surface area contributed by atoms with E-state index in [1.165, 1.54) is 5.57 Å². The van der Waals surface area contributed by atoms with Gasteiger partial charge in [-0.1, -0.05) is 19.9 Å². The minimum atomic E-state index is -0.0194. The fraction of sp³-hybridized carbons (Fsp3) is 0.522. The Morgan fingerprint density at radius 3 is 2.77 bits per heavy atom. The van der Waals surface area contributed by atoms with Crippen molar-refractivity contribution in [3.8, 4) is 0 Å². The Balaban J connectivity index is 1.61. The maximum absolute atomic E-state index is 13.2. The minimum Gasteiger partial charge on any atom is -0.351 e. The van der Waals surface area contributed by atoms with E-state index in [0.717, 1.165) is 56.1 Å². The minimum absolute atomic E-state index is 0.00456. The summed E-state index contributed by atoms with van der Waals surface area (Å²) < 4.78 is 1.92. The van der Waals surface area contributed by atoms with Gasteiger partial charge in [0.1, 0.15) is 17.7 Å². The normalized spacial score (nSPS) is 21.2. The predicted molar refractivity (Wildman–Crippen MR) is 119 cm³/mol. The van der Waals surface area contributed by atoms with Crippen molar-refractivity contribution in [1.82, 2.24) is 24.6 Å². The van der Waals surface area contributed by atoms with Crippen LogP contribution in [0, 0.1) is 6.92 Å². The van der Waals surface area contributed by atoms with Crippen molar-refractivity contribution >= 4 is 17.9 Å². The van der Waals surface area contributed by atoms with Crippen LogP contribution in [0.3, 0.4) is 0 Å². The van der Waals surface area contributed by atoms with Crippen molar-refractivity contribution in [1.29, 1.82) is 0 Å². The van der Waals surface area contributed by atoms with Gasteiger partial charge in [-0.15, -0.1) is 0 Å². The van der Waals surface area contributed by atoms with Crippen LogP contribution in [0.2, 0.25) is 0 Å². The lowest BCUT2D eigenvalue weighted by atomic mass is 9.98. The van der Waals surface area contributed by atoms with E-state index in [0.29, 0.717) is 5.69 Å². The van der Waals surface area contributed by atoms with Crippen LogP contribution < -0.4 is 5.32 Å². The van der Waals surface area contributed by atoms with Gasteiger partial charge in [-0.2, -0.15) is 5.10 Å². The third-order valence-corrected chi connectivity index (χ3v) is 6.19. The molecule has 0 bridgehead atoms. The average molecular weight is 409 g/mol. The van der Waals surface area contributed by atoms with Crippen molar-refractivity contribution in [3.05, 3.63) is 46.9 Å². The zero-order valence-corrected chi connectivity index (χ0v) is 18.4. The first kappa shape index (κ1) is 20.6. The van der Waals surface area contributed by atoms with Crippen LogP contribution in [0.4, 0.5) is 5.82 Å². The maximum Gasteiger partial charge on any atom is 0.273 e. The Kier molecular flexibility index (Phi) is 5.90. The molecule has 2 aromatic rings. The molecule has 2 aliphatic rings. The summed E-state index contributed by atoms with van der Waals surface area (Å²) in [4.78, 5) is 22.0. The molecule has 2 aromatic heterocycles. The zero-order valence-electron chi connectivity index (χ0n) is 18.4. The number of hydrogen-bond donors (Lipinski definition) is 1. The van der Waals surface area contributed by atoms with E-state index in [-0.39, 0.29) is 18.1 Å². The van der Waals surface area contributed by atoms with Crippen LogP contribution >= 0.6 is 0 Å². The number of likely N-dealkylation sites (N-methyl/N-ethyl adjacent to an activating group) is 1. The highest BCUT2D eigenvalue weighted by molar-refractivity contribution is 5.92. The molecule has 4 rings (SSSR count). The van der Waals surface area contributed by atoms with Gasteiger partial charge in [0.25, 0.3) is 5.91 Å². The number of aromatic nitrogens is 3. The monoisotopic (exact) mass is 408 g/mol. The Hall–Kier alpha value is -2.67. The van der Waals surface area contributed by atoms with Crippen LogP contribution in [-0.2, 0) is 0 Å². The summed E-state index contributed by atoms with van der Waals surface area (Å²) in [6, 6.07) is 7.71. The molecule has 1 fully saturated rings. The Labute approximate surface area is 178 Å². The van der Waals surface area contributed by atoms with Crippen molar-refractivity contribution in [2.45, 2.75) is 59.2 Å². The second kappa shape index (κ2) is 8.60. The standard InChI is InChI=1S/C23H32N6O/c1-5-27(6-2)22-16(3)15-29-21(25-22)14-19(26-29)20-12-7-8-13-28(20)23(30)18-11-9-10-17(4)24-18/h9-11,14-15,20,22,25H,5-8,12-13H2,1-4H3/t20-,22?/m0/s1. The number of piperidine rings is 1. The summed E-state index contributed by atoms with van der Waals surface area (Å²) in [5.41, 5.74) is 3.56. The first-order chi connectivity index (χ1) is 14.5. The number of hydrogen-bond acceptors (Lipinski definition) is 5. The number of amides is 1. The molecule has 1 amide bonds. The first-order valence-corrected chi connectivity index (χ1v) is 11.0. The summed E-state index contributed by atoms with van der Waals surface area (Å²) >= 11 is 0. The molecule has 30 heavy (non-hydrogen) atoms. The first-order valence-electron chi connectivity index (χ1n) is 11.0. The number of carbonyl (C=O) groups is 1. The predicted octanol–water partition coefficient (Wildman–Crippen LogP) is 3.91. The molecule has 1 N–H and O–H groups in total. The van der Waals surface area contributed by atoms with Gasteiger partial charge in [-0.3, -0.25) is 9.69 Å². The number of rotatable bonds is 5. The smallest absolute Gasteiger partial charge is 0.273 e. The third kappa shape index (κ3) is 3.86. The van der Waals surface area contributed by atoms with Gasteiger partial charge in [0.2, 0.25) is 0 Å². The van der Waals surface area contributed by atoms with Crippen LogP contribution in [0.1, 0.15) is 68.0 Å². The van der Waals surface area contributed by atoms with Crippen molar-refractivity contribution in [2.24, 2.45) is 0 Å². The second-order valence-corrected chi connectivity index (χ2v) is 8.21. The van der Waals surface area contributed by atoms with E-state index in [9.17, 15) is 4.79 Å². The number of carbonyl (C=O) groups excluding carboxylic acids is 1. The van der Waals surface area contributed by atoms with E-state index in [1.807, 2.05) is 34.7 Å². The number of anilines is 1. The van der Waals surface area contributed by atoms with Crippen LogP contribution in [-0.4, -0.2) is 56.3 Å². The van der Waals surface area contributed by atoms with Gasteiger partial charge in [0.05, 0.1) is 11.7 Å². The molecule has 7 heteroatoms. The van der Waals surface area contributed by atoms with Gasteiger partial charge >= 0.3 is 0 Å². The number of aryl methyl sites for hydroxylation is 1. The quantitative estimate of drug-likeness (QED) is 0.813. The molecule has 1 unspecified atom stereocenters. The van der Waals surface area contributed by atoms with Crippen molar-refractivity contribution < 1.29 is 4.79 Å². The van der Waals surface area contributed by atoms with E-state index >= 15 is 0 Å². The molecule has 0 aliphatic carbocycles. The molecule has 2 aliphatic heterocycles. The lowest BCUT2D eigenvalue weighted by Crippen LogP contribution is -2.43. The second-order valence-electron chi connectivity index (χ2n) is 8.21. The maximum atomic E-state index is 13.2. The lowest BCUT2D eigenvalue weighted by Gasteiger charge is -2.34. The summed E-state index contributed by atoms with van der Waals surface area (Å²) in [6.45, 7) is 11.1. The Morgan fingerprint density at radius 2 is 2.03 bits per heavy atom. The van der Waals surface area contributed by atoms with Crippen molar-refractivity contribution in [2.75, 3.05) is 25.0 Å². The summed E-state index contributed by atoms with van der Waals surface area (Å²) in [6.07, 6.45) is 5.33. The number of nitrogens with one attached hydrogen (secondary N) is 1. The van der Waals surface area contributed by atoms with Gasteiger partial charge in [-0.25, -0.2) is 9.67 Å². The number of fused-ring (bicyclic) bond motifs is 1. The molecule has 4 heterocycles. The third-order valence-electron chi connectivity index (χ3n) is 6.19. The largest absolute Gasteiger partial charge is 0.351 e. The highest BCUT2D eigenvalue weighted by Crippen LogP contribution is 2.34. The molecule has 160 valence electrons.